The lowest BCUT2D eigenvalue weighted by molar-refractivity contribution is -0.133. The minimum Gasteiger partial charge on any atom is -0.497 e. The second-order valence-electron chi connectivity index (χ2n) is 9.17. The first-order valence-corrected chi connectivity index (χ1v) is 12.1. The highest BCUT2D eigenvalue weighted by molar-refractivity contribution is 5.97. The van der Waals surface area contributed by atoms with Gasteiger partial charge in [-0.2, -0.15) is 0 Å². The minimum atomic E-state index is -0.666. The fourth-order valence-corrected chi connectivity index (χ4v) is 5.07. The highest BCUT2D eigenvalue weighted by Gasteiger charge is 2.42. The standard InChI is InChI=1S/C26H36N4O3/c1-33-23-9-7-8-22(20-23)29-17-14-28(15-18-29)16-19-30(24-10-3-6-13-27-24)25(32)26(21-31)11-4-2-5-12-26/h3,6-10,13,20,31H,2,4-5,11-12,14-19,21H2,1H3. The average molecular weight is 453 g/mol. The first kappa shape index (κ1) is 23.5. The molecule has 0 unspecified atom stereocenters. The number of methoxy groups -OCH3 is 1. The summed E-state index contributed by atoms with van der Waals surface area (Å²) in [6, 6.07) is 13.9. The summed E-state index contributed by atoms with van der Waals surface area (Å²) in [4.78, 5) is 24.8. The van der Waals surface area contributed by atoms with Crippen molar-refractivity contribution in [3.05, 3.63) is 48.7 Å². The summed E-state index contributed by atoms with van der Waals surface area (Å²) in [6.45, 7) is 5.02. The molecule has 0 radical (unpaired) electrons. The number of benzene rings is 1. The zero-order valence-electron chi connectivity index (χ0n) is 19.7. The zero-order valence-corrected chi connectivity index (χ0v) is 19.7. The van der Waals surface area contributed by atoms with Crippen LogP contribution in [0.15, 0.2) is 48.7 Å². The van der Waals surface area contributed by atoms with E-state index in [1.807, 2.05) is 35.2 Å². The number of anilines is 2. The van der Waals surface area contributed by atoms with Crippen LogP contribution >= 0.6 is 0 Å². The Kier molecular flexibility index (Phi) is 7.83. The van der Waals surface area contributed by atoms with Crippen LogP contribution in [0.1, 0.15) is 32.1 Å². The maximum absolute atomic E-state index is 13.7. The fraction of sp³-hybridized carbons (Fsp3) is 0.538. The van der Waals surface area contributed by atoms with E-state index in [0.29, 0.717) is 12.4 Å². The van der Waals surface area contributed by atoms with Crippen molar-refractivity contribution >= 4 is 17.4 Å². The molecule has 0 atom stereocenters. The molecule has 7 heteroatoms. The number of amides is 1. The number of aromatic nitrogens is 1. The van der Waals surface area contributed by atoms with Gasteiger partial charge in [0, 0.05) is 57.2 Å². The third-order valence-electron chi connectivity index (χ3n) is 7.17. The molecule has 1 aliphatic carbocycles. The van der Waals surface area contributed by atoms with Crippen molar-refractivity contribution in [2.24, 2.45) is 5.41 Å². The van der Waals surface area contributed by atoms with Gasteiger partial charge in [0.2, 0.25) is 5.91 Å². The molecule has 0 bridgehead atoms. The molecule has 1 aromatic heterocycles. The summed E-state index contributed by atoms with van der Waals surface area (Å²) >= 11 is 0. The van der Waals surface area contributed by atoms with Gasteiger partial charge in [-0.05, 0) is 37.1 Å². The lowest BCUT2D eigenvalue weighted by Gasteiger charge is -2.40. The maximum atomic E-state index is 13.7. The van der Waals surface area contributed by atoms with E-state index in [1.165, 1.54) is 5.69 Å². The lowest BCUT2D eigenvalue weighted by Crippen LogP contribution is -2.52. The van der Waals surface area contributed by atoms with Crippen molar-refractivity contribution in [1.29, 1.82) is 0 Å². The van der Waals surface area contributed by atoms with Crippen LogP contribution in [0.25, 0.3) is 0 Å². The number of pyridine rings is 1. The molecule has 1 N–H and O–H groups in total. The minimum absolute atomic E-state index is 0.0263. The molecule has 1 aromatic carbocycles. The van der Waals surface area contributed by atoms with Crippen LogP contribution in [0.4, 0.5) is 11.5 Å². The van der Waals surface area contributed by atoms with Crippen LogP contribution in [-0.2, 0) is 4.79 Å². The van der Waals surface area contributed by atoms with Crippen molar-refractivity contribution in [1.82, 2.24) is 9.88 Å². The molecule has 1 saturated carbocycles. The molecule has 4 rings (SSSR count). The van der Waals surface area contributed by atoms with E-state index in [-0.39, 0.29) is 12.5 Å². The number of hydrogen-bond donors (Lipinski definition) is 1. The van der Waals surface area contributed by atoms with Gasteiger partial charge in [0.1, 0.15) is 11.6 Å². The summed E-state index contributed by atoms with van der Waals surface area (Å²) in [5, 5.41) is 10.2. The Morgan fingerprint density at radius 2 is 1.88 bits per heavy atom. The second-order valence-corrected chi connectivity index (χ2v) is 9.17. The van der Waals surface area contributed by atoms with E-state index in [0.717, 1.165) is 70.6 Å². The largest absolute Gasteiger partial charge is 0.497 e. The number of aliphatic hydroxyl groups excluding tert-OH is 1. The van der Waals surface area contributed by atoms with Gasteiger partial charge >= 0.3 is 0 Å². The fourth-order valence-electron chi connectivity index (χ4n) is 5.07. The van der Waals surface area contributed by atoms with Crippen molar-refractivity contribution in [2.75, 3.05) is 62.8 Å². The molecule has 1 saturated heterocycles. The van der Waals surface area contributed by atoms with Gasteiger partial charge in [-0.1, -0.05) is 31.4 Å². The second kappa shape index (κ2) is 11.0. The topological polar surface area (TPSA) is 69.1 Å². The van der Waals surface area contributed by atoms with Gasteiger partial charge in [0.05, 0.1) is 19.1 Å². The Balaban J connectivity index is 1.40. The van der Waals surface area contributed by atoms with Crippen molar-refractivity contribution in [3.8, 4) is 5.75 Å². The third kappa shape index (κ3) is 5.47. The molecule has 2 fully saturated rings. The van der Waals surface area contributed by atoms with E-state index in [4.69, 9.17) is 4.74 Å². The van der Waals surface area contributed by atoms with Gasteiger partial charge in [-0.25, -0.2) is 4.98 Å². The highest BCUT2D eigenvalue weighted by Crippen LogP contribution is 2.38. The summed E-state index contributed by atoms with van der Waals surface area (Å²) in [5.41, 5.74) is 0.516. The van der Waals surface area contributed by atoms with Gasteiger partial charge in [0.25, 0.3) is 0 Å². The number of aliphatic hydroxyl groups is 1. The molecule has 1 aliphatic heterocycles. The summed E-state index contributed by atoms with van der Waals surface area (Å²) < 4.78 is 5.37. The zero-order chi connectivity index (χ0) is 23.1. The predicted octanol–water partition coefficient (Wildman–Crippen LogP) is 3.19. The number of hydrogen-bond acceptors (Lipinski definition) is 6. The Labute approximate surface area is 197 Å². The van der Waals surface area contributed by atoms with Crippen LogP contribution < -0.4 is 14.5 Å². The van der Waals surface area contributed by atoms with Gasteiger partial charge in [-0.3, -0.25) is 14.6 Å². The molecular formula is C26H36N4O3. The first-order chi connectivity index (χ1) is 16.1. The van der Waals surface area contributed by atoms with Crippen LogP contribution in [0.3, 0.4) is 0 Å². The SMILES string of the molecule is COc1cccc(N2CCN(CCN(C(=O)C3(CO)CCCCC3)c3ccccn3)CC2)c1. The van der Waals surface area contributed by atoms with Gasteiger partial charge in [0.15, 0.2) is 0 Å². The van der Waals surface area contributed by atoms with Gasteiger partial charge in [-0.15, -0.1) is 0 Å². The number of ether oxygens (including phenoxy) is 1. The average Bonchev–Trinajstić information content (AvgIpc) is 2.90. The molecule has 1 amide bonds. The summed E-state index contributed by atoms with van der Waals surface area (Å²) in [7, 11) is 1.69. The van der Waals surface area contributed by atoms with E-state index in [2.05, 4.69) is 26.9 Å². The Morgan fingerprint density at radius 3 is 2.55 bits per heavy atom. The van der Waals surface area contributed by atoms with Crippen LogP contribution in [0.5, 0.6) is 5.75 Å². The van der Waals surface area contributed by atoms with Gasteiger partial charge < -0.3 is 14.7 Å². The molecule has 2 heterocycles. The Morgan fingerprint density at radius 1 is 1.09 bits per heavy atom. The Bertz CT molecular complexity index is 893. The molecular weight excluding hydrogens is 416 g/mol. The van der Waals surface area contributed by atoms with Crippen LogP contribution in [0.2, 0.25) is 0 Å². The van der Waals surface area contributed by atoms with Crippen molar-refractivity contribution in [2.45, 2.75) is 32.1 Å². The van der Waals surface area contributed by atoms with E-state index in [9.17, 15) is 9.90 Å². The highest BCUT2D eigenvalue weighted by atomic mass is 16.5. The normalized spacial score (nSPS) is 18.7. The smallest absolute Gasteiger partial charge is 0.236 e. The van der Waals surface area contributed by atoms with Crippen molar-refractivity contribution < 1.29 is 14.6 Å². The lowest BCUT2D eigenvalue weighted by atomic mass is 9.73. The number of rotatable bonds is 8. The number of piperazine rings is 1. The number of carbonyl (C=O) groups is 1. The van der Waals surface area contributed by atoms with Crippen LogP contribution in [-0.4, -0.2) is 73.9 Å². The summed E-state index contributed by atoms with van der Waals surface area (Å²) in [6.07, 6.45) is 6.37. The monoisotopic (exact) mass is 452 g/mol. The molecule has 7 nitrogen and oxygen atoms in total. The third-order valence-corrected chi connectivity index (χ3v) is 7.17. The summed E-state index contributed by atoms with van der Waals surface area (Å²) in [5.74, 6) is 1.58. The van der Waals surface area contributed by atoms with Crippen molar-refractivity contribution in [3.63, 3.8) is 0 Å². The van der Waals surface area contributed by atoms with E-state index in [1.54, 1.807) is 13.3 Å². The number of nitrogens with zero attached hydrogens (tertiary/aromatic N) is 4. The van der Waals surface area contributed by atoms with E-state index < -0.39 is 5.41 Å². The molecule has 2 aliphatic rings. The predicted molar refractivity (Wildman–Crippen MR) is 131 cm³/mol. The van der Waals surface area contributed by atoms with Crippen LogP contribution in [0, 0.1) is 5.41 Å². The molecule has 178 valence electrons. The molecule has 33 heavy (non-hydrogen) atoms. The quantitative estimate of drug-likeness (QED) is 0.664. The molecule has 2 aromatic rings. The Hall–Kier alpha value is -2.64. The molecule has 0 spiro atoms. The van der Waals surface area contributed by atoms with E-state index >= 15 is 0 Å². The number of carbonyl (C=O) groups excluding carboxylic acids is 1. The maximum Gasteiger partial charge on any atom is 0.236 e. The first-order valence-electron chi connectivity index (χ1n) is 12.1.